The average Bonchev–Trinajstić information content (AvgIpc) is 2.41. The molecule has 0 radical (unpaired) electrons. The van der Waals surface area contributed by atoms with Crippen LogP contribution in [0.15, 0.2) is 12.1 Å². The Morgan fingerprint density at radius 2 is 1.90 bits per heavy atom. The molecule has 0 bridgehead atoms. The third-order valence-corrected chi connectivity index (χ3v) is 3.09. The number of ether oxygens (including phenoxy) is 1. The first-order valence-corrected chi connectivity index (χ1v) is 6.19. The minimum absolute atomic E-state index is 0.126. The lowest BCUT2D eigenvalue weighted by Crippen LogP contribution is -2.36. The number of carbonyl (C=O) groups is 3. The quantitative estimate of drug-likeness (QED) is 0.823. The fourth-order valence-corrected chi connectivity index (χ4v) is 1.70. The summed E-state index contributed by atoms with van der Waals surface area (Å²) in [5, 5.41) is 11.7. The first-order chi connectivity index (χ1) is 9.76. The monoisotopic (exact) mass is 294 g/mol. The van der Waals surface area contributed by atoms with Crippen molar-refractivity contribution in [3.63, 3.8) is 0 Å². The van der Waals surface area contributed by atoms with E-state index in [0.29, 0.717) is 11.3 Å². The van der Waals surface area contributed by atoms with Gasteiger partial charge in [0.05, 0.1) is 12.7 Å². The van der Waals surface area contributed by atoms with Crippen LogP contribution in [-0.4, -0.2) is 48.7 Å². The Hall–Kier alpha value is -2.57. The normalized spacial score (nSPS) is 9.90. The van der Waals surface area contributed by atoms with Crippen LogP contribution in [0.4, 0.5) is 10.5 Å². The highest BCUT2D eigenvalue weighted by atomic mass is 16.5. The number of likely N-dealkylation sites (N-methyl/N-ethyl adjacent to an activating group) is 1. The highest BCUT2D eigenvalue weighted by Crippen LogP contribution is 2.20. The van der Waals surface area contributed by atoms with Gasteiger partial charge in [-0.15, -0.1) is 0 Å². The standard InChI is InChI=1S/C14H18N2O5/c1-8-5-10(6-11(9(8)2)13(18)19)15-14(20)16(3)7-12(17)21-4/h5-6H,7H2,1-4H3,(H,15,20)(H,18,19). The topological polar surface area (TPSA) is 95.9 Å². The number of methoxy groups -OCH3 is 1. The van der Waals surface area contributed by atoms with E-state index in [4.69, 9.17) is 5.11 Å². The molecule has 2 amide bonds. The molecule has 0 unspecified atom stereocenters. The molecule has 0 aliphatic carbocycles. The first kappa shape index (κ1) is 16.5. The Bertz CT molecular complexity index is 583. The number of hydrogen-bond donors (Lipinski definition) is 2. The maximum absolute atomic E-state index is 11.9. The highest BCUT2D eigenvalue weighted by Gasteiger charge is 2.16. The molecule has 7 nitrogen and oxygen atoms in total. The Morgan fingerprint density at radius 3 is 2.43 bits per heavy atom. The van der Waals surface area contributed by atoms with Gasteiger partial charge in [-0.1, -0.05) is 0 Å². The second-order valence-electron chi connectivity index (χ2n) is 4.63. The lowest BCUT2D eigenvalue weighted by atomic mass is 10.0. The average molecular weight is 294 g/mol. The number of carboxylic acid groups (broad SMARTS) is 1. The summed E-state index contributed by atoms with van der Waals surface area (Å²) in [4.78, 5) is 35.3. The van der Waals surface area contributed by atoms with E-state index in [2.05, 4.69) is 10.1 Å². The molecule has 1 rings (SSSR count). The molecular weight excluding hydrogens is 276 g/mol. The molecule has 0 saturated heterocycles. The van der Waals surface area contributed by atoms with Gasteiger partial charge >= 0.3 is 18.0 Å². The van der Waals surface area contributed by atoms with Gasteiger partial charge in [0.1, 0.15) is 6.54 Å². The maximum atomic E-state index is 11.9. The number of hydrogen-bond acceptors (Lipinski definition) is 4. The minimum Gasteiger partial charge on any atom is -0.478 e. The predicted molar refractivity (Wildman–Crippen MR) is 76.5 cm³/mol. The molecule has 21 heavy (non-hydrogen) atoms. The lowest BCUT2D eigenvalue weighted by molar-refractivity contribution is -0.140. The number of amides is 2. The molecular formula is C14H18N2O5. The molecule has 0 heterocycles. The van der Waals surface area contributed by atoms with Crippen LogP contribution in [0.1, 0.15) is 21.5 Å². The number of carboxylic acids is 1. The second-order valence-corrected chi connectivity index (χ2v) is 4.63. The Morgan fingerprint density at radius 1 is 1.29 bits per heavy atom. The zero-order valence-corrected chi connectivity index (χ0v) is 12.4. The van der Waals surface area contributed by atoms with E-state index < -0.39 is 18.0 Å². The molecule has 0 aromatic heterocycles. The number of carbonyl (C=O) groups excluding carboxylic acids is 2. The fraction of sp³-hybridized carbons (Fsp3) is 0.357. The molecule has 0 aliphatic heterocycles. The number of aromatic carboxylic acids is 1. The van der Waals surface area contributed by atoms with Crippen molar-refractivity contribution in [2.24, 2.45) is 0 Å². The Balaban J connectivity index is 2.90. The molecule has 114 valence electrons. The van der Waals surface area contributed by atoms with Crippen molar-refractivity contribution in [3.8, 4) is 0 Å². The molecule has 0 spiro atoms. The van der Waals surface area contributed by atoms with Gasteiger partial charge in [0.2, 0.25) is 0 Å². The van der Waals surface area contributed by atoms with Crippen LogP contribution in [0.5, 0.6) is 0 Å². The van der Waals surface area contributed by atoms with Crippen molar-refractivity contribution in [1.82, 2.24) is 4.90 Å². The molecule has 0 fully saturated rings. The largest absolute Gasteiger partial charge is 0.478 e. The van der Waals surface area contributed by atoms with E-state index in [1.54, 1.807) is 19.9 Å². The van der Waals surface area contributed by atoms with Gasteiger partial charge in [-0.2, -0.15) is 0 Å². The summed E-state index contributed by atoms with van der Waals surface area (Å²) in [7, 11) is 2.67. The molecule has 7 heteroatoms. The van der Waals surface area contributed by atoms with Crippen LogP contribution in [0, 0.1) is 13.8 Å². The zero-order chi connectivity index (χ0) is 16.2. The maximum Gasteiger partial charge on any atom is 0.336 e. The van der Waals surface area contributed by atoms with Gasteiger partial charge in [-0.3, -0.25) is 4.79 Å². The van der Waals surface area contributed by atoms with Crippen molar-refractivity contribution in [2.45, 2.75) is 13.8 Å². The van der Waals surface area contributed by atoms with Gasteiger partial charge in [-0.05, 0) is 37.1 Å². The van der Waals surface area contributed by atoms with Crippen LogP contribution in [0.3, 0.4) is 0 Å². The minimum atomic E-state index is -1.06. The number of esters is 1. The van der Waals surface area contributed by atoms with E-state index in [-0.39, 0.29) is 12.1 Å². The van der Waals surface area contributed by atoms with Gasteiger partial charge in [0, 0.05) is 12.7 Å². The number of nitrogens with zero attached hydrogens (tertiary/aromatic N) is 1. The lowest BCUT2D eigenvalue weighted by Gasteiger charge is -2.17. The van der Waals surface area contributed by atoms with Crippen molar-refractivity contribution in [3.05, 3.63) is 28.8 Å². The summed E-state index contributed by atoms with van der Waals surface area (Å²) < 4.78 is 4.47. The number of urea groups is 1. The van der Waals surface area contributed by atoms with Crippen LogP contribution < -0.4 is 5.32 Å². The summed E-state index contributed by atoms with van der Waals surface area (Å²) in [6.07, 6.45) is 0. The van der Waals surface area contributed by atoms with E-state index in [0.717, 1.165) is 10.5 Å². The number of benzene rings is 1. The van der Waals surface area contributed by atoms with Gasteiger partial charge in [-0.25, -0.2) is 9.59 Å². The van der Waals surface area contributed by atoms with E-state index in [1.807, 2.05) is 0 Å². The first-order valence-electron chi connectivity index (χ1n) is 6.19. The Labute approximate surface area is 122 Å². The molecule has 0 saturated carbocycles. The van der Waals surface area contributed by atoms with Crippen molar-refractivity contribution >= 4 is 23.7 Å². The molecule has 0 atom stereocenters. The SMILES string of the molecule is COC(=O)CN(C)C(=O)Nc1cc(C)c(C)c(C(=O)O)c1. The number of aryl methyl sites for hydroxylation is 1. The smallest absolute Gasteiger partial charge is 0.336 e. The summed E-state index contributed by atoms with van der Waals surface area (Å²) in [5.41, 5.74) is 1.88. The van der Waals surface area contributed by atoms with Crippen LogP contribution in [0.2, 0.25) is 0 Å². The van der Waals surface area contributed by atoms with E-state index in [1.165, 1.54) is 20.2 Å². The molecule has 1 aromatic rings. The summed E-state index contributed by atoms with van der Waals surface area (Å²) in [6.45, 7) is 3.27. The summed E-state index contributed by atoms with van der Waals surface area (Å²) in [6, 6.07) is 2.53. The van der Waals surface area contributed by atoms with E-state index >= 15 is 0 Å². The third kappa shape index (κ3) is 4.20. The van der Waals surface area contributed by atoms with Gasteiger partial charge in [0.15, 0.2) is 0 Å². The third-order valence-electron chi connectivity index (χ3n) is 3.09. The van der Waals surface area contributed by atoms with Crippen LogP contribution in [0.25, 0.3) is 0 Å². The van der Waals surface area contributed by atoms with Gasteiger partial charge in [0.25, 0.3) is 0 Å². The van der Waals surface area contributed by atoms with Crippen molar-refractivity contribution < 1.29 is 24.2 Å². The van der Waals surface area contributed by atoms with E-state index in [9.17, 15) is 14.4 Å². The van der Waals surface area contributed by atoms with Crippen molar-refractivity contribution in [1.29, 1.82) is 0 Å². The van der Waals surface area contributed by atoms with Crippen LogP contribution >= 0.6 is 0 Å². The number of nitrogens with one attached hydrogen (secondary N) is 1. The van der Waals surface area contributed by atoms with Gasteiger partial charge < -0.3 is 20.1 Å². The molecule has 2 N–H and O–H groups in total. The number of rotatable bonds is 4. The molecule has 0 aliphatic rings. The number of anilines is 1. The van der Waals surface area contributed by atoms with Crippen LogP contribution in [-0.2, 0) is 9.53 Å². The summed E-state index contributed by atoms with van der Waals surface area (Å²) >= 11 is 0. The van der Waals surface area contributed by atoms with Crippen molar-refractivity contribution in [2.75, 3.05) is 26.0 Å². The Kier molecular flexibility index (Phi) is 5.29. The zero-order valence-electron chi connectivity index (χ0n) is 12.4. The second kappa shape index (κ2) is 6.74. The summed E-state index contributed by atoms with van der Waals surface area (Å²) in [5.74, 6) is -1.60. The highest BCUT2D eigenvalue weighted by molar-refractivity contribution is 5.95. The molecule has 1 aromatic carbocycles. The predicted octanol–water partition coefficient (Wildman–Crippen LogP) is 1.64. The fourth-order valence-electron chi connectivity index (χ4n) is 1.70.